The second-order valence-electron chi connectivity index (χ2n) is 6.17. The number of hydrogen-bond acceptors (Lipinski definition) is 3. The third-order valence-corrected chi connectivity index (χ3v) is 4.58. The van der Waals surface area contributed by atoms with Crippen molar-refractivity contribution in [2.24, 2.45) is 5.92 Å². The van der Waals surface area contributed by atoms with Gasteiger partial charge in [-0.2, -0.15) is 5.10 Å². The van der Waals surface area contributed by atoms with Gasteiger partial charge in [-0.15, -0.1) is 0 Å². The number of aromatic nitrogens is 2. The molecule has 2 aliphatic rings. The van der Waals surface area contributed by atoms with Crippen LogP contribution in [0.1, 0.15) is 42.6 Å². The summed E-state index contributed by atoms with van der Waals surface area (Å²) in [6.07, 6.45) is 4.34. The molecule has 1 saturated heterocycles. The molecule has 1 aromatic rings. The minimum atomic E-state index is 0.357. The smallest absolute Gasteiger partial charge is 0.225 e. The largest absolute Gasteiger partial charge is 0.342 e. The van der Waals surface area contributed by atoms with Gasteiger partial charge in [0, 0.05) is 42.9 Å². The maximum absolute atomic E-state index is 12.0. The third kappa shape index (κ3) is 2.87. The average Bonchev–Trinajstić information content (AvgIpc) is 3.25. The van der Waals surface area contributed by atoms with Crippen LogP contribution >= 0.6 is 0 Å². The molecule has 2 fully saturated rings. The molecule has 110 valence electrons. The van der Waals surface area contributed by atoms with E-state index < -0.39 is 0 Å². The summed E-state index contributed by atoms with van der Waals surface area (Å²) in [4.78, 5) is 14.1. The first kappa shape index (κ1) is 13.6. The van der Waals surface area contributed by atoms with Crippen LogP contribution in [0.3, 0.4) is 0 Å². The van der Waals surface area contributed by atoms with Crippen LogP contribution in [0, 0.1) is 19.8 Å². The highest BCUT2D eigenvalue weighted by Crippen LogP contribution is 2.31. The lowest BCUT2D eigenvalue weighted by molar-refractivity contribution is -0.133. The van der Waals surface area contributed by atoms with Gasteiger partial charge in [0.05, 0.1) is 5.69 Å². The summed E-state index contributed by atoms with van der Waals surface area (Å²) in [5.74, 6) is 0.751. The molecule has 1 aliphatic carbocycles. The molecule has 0 unspecified atom stereocenters. The van der Waals surface area contributed by atoms with Crippen molar-refractivity contribution in [3.8, 4) is 0 Å². The van der Waals surface area contributed by atoms with Crippen molar-refractivity contribution in [2.45, 2.75) is 52.1 Å². The number of carbonyl (C=O) groups is 1. The summed E-state index contributed by atoms with van der Waals surface area (Å²) >= 11 is 0. The van der Waals surface area contributed by atoms with Gasteiger partial charge in [0.25, 0.3) is 0 Å². The fourth-order valence-electron chi connectivity index (χ4n) is 2.97. The summed E-state index contributed by atoms with van der Waals surface area (Å²) in [7, 11) is 0. The minimum absolute atomic E-state index is 0.357. The molecule has 1 saturated carbocycles. The van der Waals surface area contributed by atoms with Crippen LogP contribution in [-0.2, 0) is 11.3 Å². The molecule has 0 radical (unpaired) electrons. The molecular weight excluding hydrogens is 252 g/mol. The van der Waals surface area contributed by atoms with Crippen molar-refractivity contribution in [2.75, 3.05) is 13.1 Å². The van der Waals surface area contributed by atoms with Crippen LogP contribution in [0.5, 0.6) is 0 Å². The molecule has 20 heavy (non-hydrogen) atoms. The van der Waals surface area contributed by atoms with Crippen molar-refractivity contribution in [3.05, 3.63) is 17.0 Å². The Hall–Kier alpha value is -1.36. The Kier molecular flexibility index (Phi) is 3.78. The molecular formula is C15H24N4O. The highest BCUT2D eigenvalue weighted by Gasteiger charge is 2.34. The number of carbonyl (C=O) groups excluding carboxylic acids is 1. The fraction of sp³-hybridized carbons (Fsp3) is 0.733. The zero-order chi connectivity index (χ0) is 14.1. The van der Waals surface area contributed by atoms with E-state index in [1.54, 1.807) is 0 Å². The lowest BCUT2D eigenvalue weighted by Crippen LogP contribution is -2.45. The number of piperidine rings is 1. The summed E-state index contributed by atoms with van der Waals surface area (Å²) in [6.45, 7) is 6.80. The number of hydrogen-bond donors (Lipinski definition) is 2. The van der Waals surface area contributed by atoms with E-state index in [1.807, 2.05) is 6.92 Å². The van der Waals surface area contributed by atoms with Crippen molar-refractivity contribution in [1.29, 1.82) is 0 Å². The van der Waals surface area contributed by atoms with E-state index in [0.717, 1.165) is 56.7 Å². The molecule has 2 heterocycles. The van der Waals surface area contributed by atoms with Crippen molar-refractivity contribution < 1.29 is 4.79 Å². The predicted octanol–water partition coefficient (Wildman–Crippen LogP) is 1.52. The normalized spacial score (nSPS) is 20.4. The first-order valence-electron chi connectivity index (χ1n) is 7.67. The van der Waals surface area contributed by atoms with Crippen molar-refractivity contribution >= 4 is 5.91 Å². The Bertz CT molecular complexity index is 465. The number of rotatable bonds is 4. The number of aryl methyl sites for hydroxylation is 2. The first-order valence-corrected chi connectivity index (χ1v) is 7.67. The Balaban J connectivity index is 1.45. The van der Waals surface area contributed by atoms with E-state index in [2.05, 4.69) is 27.3 Å². The van der Waals surface area contributed by atoms with Crippen molar-refractivity contribution in [3.63, 3.8) is 0 Å². The second-order valence-corrected chi connectivity index (χ2v) is 6.17. The standard InChI is InChI=1S/C15H24N4O/c1-10-14(11(2)18-17-10)9-16-13-5-7-19(8-6-13)15(20)12-3-4-12/h12-13,16H,3-9H2,1-2H3,(H,17,18). The Morgan fingerprint density at radius 1 is 1.30 bits per heavy atom. The lowest BCUT2D eigenvalue weighted by atomic mass is 10.0. The van der Waals surface area contributed by atoms with Gasteiger partial charge < -0.3 is 10.2 Å². The maximum Gasteiger partial charge on any atom is 0.225 e. The molecule has 5 heteroatoms. The number of aromatic amines is 1. The van der Waals surface area contributed by atoms with E-state index in [9.17, 15) is 4.79 Å². The lowest BCUT2D eigenvalue weighted by Gasteiger charge is -2.32. The van der Waals surface area contributed by atoms with E-state index in [0.29, 0.717) is 17.9 Å². The molecule has 1 amide bonds. The van der Waals surface area contributed by atoms with Gasteiger partial charge in [-0.3, -0.25) is 9.89 Å². The molecule has 1 aromatic heterocycles. The highest BCUT2D eigenvalue weighted by molar-refractivity contribution is 5.81. The van der Waals surface area contributed by atoms with Crippen LogP contribution in [-0.4, -0.2) is 40.1 Å². The summed E-state index contributed by atoms with van der Waals surface area (Å²) in [6, 6.07) is 0.520. The van der Waals surface area contributed by atoms with E-state index in [1.165, 1.54) is 5.56 Å². The van der Waals surface area contributed by atoms with Crippen LogP contribution in [0.25, 0.3) is 0 Å². The summed E-state index contributed by atoms with van der Waals surface area (Å²) < 4.78 is 0. The van der Waals surface area contributed by atoms with Gasteiger partial charge in [-0.1, -0.05) is 0 Å². The zero-order valence-corrected chi connectivity index (χ0v) is 12.4. The maximum atomic E-state index is 12.0. The number of nitrogens with one attached hydrogen (secondary N) is 2. The van der Waals surface area contributed by atoms with Crippen LogP contribution < -0.4 is 5.32 Å². The quantitative estimate of drug-likeness (QED) is 0.876. The Labute approximate surface area is 120 Å². The minimum Gasteiger partial charge on any atom is -0.342 e. The number of amides is 1. The number of likely N-dealkylation sites (tertiary alicyclic amines) is 1. The molecule has 1 aliphatic heterocycles. The molecule has 0 aromatic carbocycles. The monoisotopic (exact) mass is 276 g/mol. The summed E-state index contributed by atoms with van der Waals surface area (Å²) in [5.41, 5.74) is 3.51. The molecule has 2 N–H and O–H groups in total. The first-order chi connectivity index (χ1) is 9.65. The third-order valence-electron chi connectivity index (χ3n) is 4.58. The van der Waals surface area contributed by atoms with Gasteiger partial charge in [-0.05, 0) is 39.5 Å². The van der Waals surface area contributed by atoms with Crippen molar-refractivity contribution in [1.82, 2.24) is 20.4 Å². The molecule has 0 bridgehead atoms. The Morgan fingerprint density at radius 3 is 2.55 bits per heavy atom. The summed E-state index contributed by atoms with van der Waals surface area (Å²) in [5, 5.41) is 10.9. The average molecular weight is 276 g/mol. The fourth-order valence-corrected chi connectivity index (χ4v) is 2.97. The molecule has 3 rings (SSSR count). The van der Waals surface area contributed by atoms with E-state index in [4.69, 9.17) is 0 Å². The molecule has 0 spiro atoms. The SMILES string of the molecule is Cc1n[nH]c(C)c1CNC1CCN(C(=O)C2CC2)CC1. The number of H-pyrrole nitrogens is 1. The van der Waals surface area contributed by atoms with E-state index in [-0.39, 0.29) is 0 Å². The van der Waals surface area contributed by atoms with Gasteiger partial charge in [0.15, 0.2) is 0 Å². The number of nitrogens with zero attached hydrogens (tertiary/aromatic N) is 2. The van der Waals surface area contributed by atoms with Gasteiger partial charge in [-0.25, -0.2) is 0 Å². The second kappa shape index (κ2) is 5.56. The topological polar surface area (TPSA) is 61.0 Å². The van der Waals surface area contributed by atoms with Crippen LogP contribution in [0.15, 0.2) is 0 Å². The van der Waals surface area contributed by atoms with Crippen LogP contribution in [0.4, 0.5) is 0 Å². The van der Waals surface area contributed by atoms with Gasteiger partial charge in [0.1, 0.15) is 0 Å². The zero-order valence-electron chi connectivity index (χ0n) is 12.4. The van der Waals surface area contributed by atoms with Gasteiger partial charge in [0.2, 0.25) is 5.91 Å². The Morgan fingerprint density at radius 2 is 2.00 bits per heavy atom. The highest BCUT2D eigenvalue weighted by atomic mass is 16.2. The van der Waals surface area contributed by atoms with Crippen LogP contribution in [0.2, 0.25) is 0 Å². The molecule has 0 atom stereocenters. The van der Waals surface area contributed by atoms with Gasteiger partial charge >= 0.3 is 0 Å². The van der Waals surface area contributed by atoms with E-state index >= 15 is 0 Å². The predicted molar refractivity (Wildman–Crippen MR) is 77.2 cm³/mol. The molecule has 5 nitrogen and oxygen atoms in total.